The Balaban J connectivity index is 2.04. The highest BCUT2D eigenvalue weighted by Crippen LogP contribution is 2.34. The molecule has 2 heterocycles. The van der Waals surface area contributed by atoms with Crippen LogP contribution in [-0.4, -0.2) is 61.9 Å². The molecule has 0 bridgehead atoms. The number of likely N-dealkylation sites (tertiary alicyclic amines) is 1. The van der Waals surface area contributed by atoms with Gasteiger partial charge in [-0.3, -0.25) is 4.79 Å². The average molecular weight is 270 g/mol. The zero-order valence-electron chi connectivity index (χ0n) is 12.0. The summed E-state index contributed by atoms with van der Waals surface area (Å²) in [5.74, 6) is 0.448. The van der Waals surface area contributed by atoms with Crippen molar-refractivity contribution in [2.45, 2.75) is 32.3 Å². The lowest BCUT2D eigenvalue weighted by Gasteiger charge is -2.38. The van der Waals surface area contributed by atoms with Crippen LogP contribution >= 0.6 is 0 Å². The fraction of sp³-hybridized carbons (Fsp3) is 0.929. The number of carbonyl (C=O) groups is 1. The predicted molar refractivity (Wildman–Crippen MR) is 72.8 cm³/mol. The van der Waals surface area contributed by atoms with E-state index in [-0.39, 0.29) is 23.3 Å². The van der Waals surface area contributed by atoms with Crippen molar-refractivity contribution in [3.05, 3.63) is 0 Å². The van der Waals surface area contributed by atoms with Crippen molar-refractivity contribution in [1.82, 2.24) is 10.2 Å². The number of nitrogens with one attached hydrogen (secondary N) is 1. The van der Waals surface area contributed by atoms with E-state index in [9.17, 15) is 9.90 Å². The van der Waals surface area contributed by atoms with E-state index in [0.29, 0.717) is 13.2 Å². The van der Waals surface area contributed by atoms with Gasteiger partial charge in [-0.1, -0.05) is 0 Å². The molecule has 110 valence electrons. The van der Waals surface area contributed by atoms with Crippen molar-refractivity contribution < 1.29 is 14.6 Å². The second kappa shape index (κ2) is 6.20. The third kappa shape index (κ3) is 3.09. The van der Waals surface area contributed by atoms with Crippen molar-refractivity contribution >= 4 is 5.91 Å². The normalized spacial score (nSPS) is 28.4. The minimum Gasteiger partial charge on any atom is -0.393 e. The van der Waals surface area contributed by atoms with E-state index in [4.69, 9.17) is 4.74 Å². The molecule has 0 aliphatic carbocycles. The van der Waals surface area contributed by atoms with Gasteiger partial charge < -0.3 is 20.1 Å². The maximum absolute atomic E-state index is 12.8. The molecule has 2 aliphatic rings. The van der Waals surface area contributed by atoms with Crippen LogP contribution in [0.15, 0.2) is 0 Å². The molecule has 0 radical (unpaired) electrons. The van der Waals surface area contributed by atoms with E-state index in [1.807, 2.05) is 11.8 Å². The van der Waals surface area contributed by atoms with E-state index in [1.165, 1.54) is 0 Å². The molecule has 0 aromatic heterocycles. The third-order valence-corrected chi connectivity index (χ3v) is 4.63. The van der Waals surface area contributed by atoms with E-state index in [2.05, 4.69) is 5.32 Å². The monoisotopic (exact) mass is 270 g/mol. The third-order valence-electron chi connectivity index (χ3n) is 4.63. The molecule has 2 rings (SSSR count). The maximum Gasteiger partial charge on any atom is 0.231 e. The van der Waals surface area contributed by atoms with Crippen LogP contribution in [0.3, 0.4) is 0 Å². The smallest absolute Gasteiger partial charge is 0.231 e. The number of nitrogens with zero attached hydrogens (tertiary/aromatic N) is 1. The van der Waals surface area contributed by atoms with Gasteiger partial charge in [0, 0.05) is 26.1 Å². The minimum atomic E-state index is -0.354. The quantitative estimate of drug-likeness (QED) is 0.768. The number of hydrogen-bond acceptors (Lipinski definition) is 4. The summed E-state index contributed by atoms with van der Waals surface area (Å²) in [7, 11) is 1.67. The number of methoxy groups -OCH3 is 1. The highest BCUT2D eigenvalue weighted by atomic mass is 16.5. The van der Waals surface area contributed by atoms with Gasteiger partial charge in [0.1, 0.15) is 0 Å². The topological polar surface area (TPSA) is 61.8 Å². The number of carbonyl (C=O) groups excluding carboxylic acids is 1. The van der Waals surface area contributed by atoms with Crippen LogP contribution in [-0.2, 0) is 9.53 Å². The van der Waals surface area contributed by atoms with E-state index in [0.717, 1.165) is 38.9 Å². The first kappa shape index (κ1) is 14.8. The Kier molecular flexibility index (Phi) is 4.81. The van der Waals surface area contributed by atoms with Crippen LogP contribution in [0.4, 0.5) is 0 Å². The molecular weight excluding hydrogens is 244 g/mol. The largest absolute Gasteiger partial charge is 0.393 e. The molecule has 5 nitrogen and oxygen atoms in total. The highest BCUT2D eigenvalue weighted by molar-refractivity contribution is 5.83. The minimum absolute atomic E-state index is 0.221. The number of amides is 1. The molecule has 0 aromatic carbocycles. The standard InChI is InChI=1S/C14H26N2O3/c1-11(17)12-3-8-16(9-12)13(18)14(10-19-2)4-6-15-7-5-14/h11-12,15,17H,3-10H2,1-2H3. The second-order valence-corrected chi connectivity index (χ2v) is 6.00. The van der Waals surface area contributed by atoms with Gasteiger partial charge in [0.2, 0.25) is 5.91 Å². The molecule has 2 unspecified atom stereocenters. The Morgan fingerprint density at radius 1 is 1.53 bits per heavy atom. The number of aliphatic hydroxyl groups is 1. The van der Waals surface area contributed by atoms with Crippen LogP contribution in [0, 0.1) is 11.3 Å². The van der Waals surface area contributed by atoms with Gasteiger partial charge in [-0.25, -0.2) is 0 Å². The summed E-state index contributed by atoms with van der Waals surface area (Å²) in [5.41, 5.74) is -0.354. The van der Waals surface area contributed by atoms with Crippen LogP contribution < -0.4 is 5.32 Å². The highest BCUT2D eigenvalue weighted by Gasteiger charge is 2.44. The summed E-state index contributed by atoms with van der Waals surface area (Å²) in [6.45, 7) is 5.53. The van der Waals surface area contributed by atoms with Crippen molar-refractivity contribution in [1.29, 1.82) is 0 Å². The lowest BCUT2D eigenvalue weighted by molar-refractivity contribution is -0.146. The molecule has 2 N–H and O–H groups in total. The van der Waals surface area contributed by atoms with E-state index in [1.54, 1.807) is 7.11 Å². The summed E-state index contributed by atoms with van der Waals surface area (Å²) < 4.78 is 5.32. The van der Waals surface area contributed by atoms with Crippen molar-refractivity contribution in [2.24, 2.45) is 11.3 Å². The molecule has 2 aliphatic heterocycles. The zero-order valence-corrected chi connectivity index (χ0v) is 12.0. The van der Waals surface area contributed by atoms with Crippen LogP contribution in [0.2, 0.25) is 0 Å². The molecule has 1 amide bonds. The fourth-order valence-corrected chi connectivity index (χ4v) is 3.30. The van der Waals surface area contributed by atoms with Gasteiger partial charge in [0.25, 0.3) is 0 Å². The lowest BCUT2D eigenvalue weighted by atomic mass is 9.78. The second-order valence-electron chi connectivity index (χ2n) is 6.00. The average Bonchev–Trinajstić information content (AvgIpc) is 2.89. The number of aliphatic hydroxyl groups excluding tert-OH is 1. The van der Waals surface area contributed by atoms with E-state index >= 15 is 0 Å². The summed E-state index contributed by atoms with van der Waals surface area (Å²) in [5, 5.41) is 13.0. The SMILES string of the molecule is COCC1(C(=O)N2CCC(C(C)O)C2)CCNCC1. The summed E-state index contributed by atoms with van der Waals surface area (Å²) >= 11 is 0. The molecule has 2 saturated heterocycles. The Morgan fingerprint density at radius 3 is 2.74 bits per heavy atom. The van der Waals surface area contributed by atoms with Gasteiger partial charge in [0.05, 0.1) is 18.1 Å². The van der Waals surface area contributed by atoms with Crippen molar-refractivity contribution in [2.75, 3.05) is 39.9 Å². The molecule has 2 atom stereocenters. The first-order valence-electron chi connectivity index (χ1n) is 7.26. The van der Waals surface area contributed by atoms with Gasteiger partial charge in [0.15, 0.2) is 0 Å². The van der Waals surface area contributed by atoms with Crippen molar-refractivity contribution in [3.63, 3.8) is 0 Å². The molecule has 0 aromatic rings. The number of rotatable bonds is 4. The molecule has 2 fully saturated rings. The Labute approximate surface area is 115 Å². The maximum atomic E-state index is 12.8. The Bertz CT molecular complexity index is 308. The van der Waals surface area contributed by atoms with Crippen LogP contribution in [0.25, 0.3) is 0 Å². The molecule has 0 spiro atoms. The van der Waals surface area contributed by atoms with Crippen LogP contribution in [0.1, 0.15) is 26.2 Å². The summed E-state index contributed by atoms with van der Waals surface area (Å²) in [6, 6.07) is 0. The molecule has 0 saturated carbocycles. The van der Waals surface area contributed by atoms with Crippen molar-refractivity contribution in [3.8, 4) is 0 Å². The number of hydrogen-bond donors (Lipinski definition) is 2. The van der Waals surface area contributed by atoms with Gasteiger partial charge in [-0.05, 0) is 39.3 Å². The van der Waals surface area contributed by atoms with Crippen LogP contribution in [0.5, 0.6) is 0 Å². The van der Waals surface area contributed by atoms with Gasteiger partial charge in [-0.2, -0.15) is 0 Å². The lowest BCUT2D eigenvalue weighted by Crippen LogP contribution is -2.51. The number of piperidine rings is 1. The summed E-state index contributed by atoms with van der Waals surface area (Å²) in [6.07, 6.45) is 2.26. The van der Waals surface area contributed by atoms with Gasteiger partial charge in [-0.15, -0.1) is 0 Å². The molecule has 19 heavy (non-hydrogen) atoms. The molecule has 5 heteroatoms. The predicted octanol–water partition coefficient (Wildman–Crippen LogP) is 0.232. The van der Waals surface area contributed by atoms with Gasteiger partial charge >= 0.3 is 0 Å². The molecular formula is C14H26N2O3. The Hall–Kier alpha value is -0.650. The zero-order chi connectivity index (χ0) is 13.9. The Morgan fingerprint density at radius 2 is 2.21 bits per heavy atom. The fourth-order valence-electron chi connectivity index (χ4n) is 3.30. The summed E-state index contributed by atoms with van der Waals surface area (Å²) in [4.78, 5) is 14.7. The van der Waals surface area contributed by atoms with E-state index < -0.39 is 0 Å². The first-order valence-corrected chi connectivity index (χ1v) is 7.26. The number of ether oxygens (including phenoxy) is 1. The first-order chi connectivity index (χ1) is 9.09.